The quantitative estimate of drug-likeness (QED) is 0.273. The molecule has 0 aromatic heterocycles. The SMILES string of the molecule is CN1C(=O)CCC(N2C(=O)c3cc4c(cc3C2=O)CC(CC(=O)N2CCN(c3ccc(C(=O)N(C)[C@H]5C(C)(C)[C@H](Oc6ccc(C#N)c(Cl)c6)C5(C)C)cc3)CC2)C4)C1=O. The molecule has 14 heteroatoms. The van der Waals surface area contributed by atoms with E-state index in [1.165, 1.54) is 7.05 Å². The van der Waals surface area contributed by atoms with Gasteiger partial charge in [-0.2, -0.15) is 5.26 Å². The van der Waals surface area contributed by atoms with Crippen LogP contribution in [-0.4, -0.2) is 114 Å². The zero-order chi connectivity index (χ0) is 43.0. The lowest BCUT2D eigenvalue weighted by Crippen LogP contribution is -2.74. The number of nitriles is 1. The molecule has 3 aromatic rings. The van der Waals surface area contributed by atoms with E-state index in [-0.39, 0.29) is 70.6 Å². The Morgan fingerprint density at radius 1 is 0.883 bits per heavy atom. The molecule has 0 radical (unpaired) electrons. The number of piperazine rings is 1. The lowest BCUT2D eigenvalue weighted by atomic mass is 9.49. The Bertz CT molecular complexity index is 2320. The van der Waals surface area contributed by atoms with Crippen molar-refractivity contribution in [1.82, 2.24) is 19.6 Å². The summed E-state index contributed by atoms with van der Waals surface area (Å²) < 4.78 is 6.43. The highest BCUT2D eigenvalue weighted by Gasteiger charge is 2.65. The summed E-state index contributed by atoms with van der Waals surface area (Å²) in [5, 5.41) is 9.58. The summed E-state index contributed by atoms with van der Waals surface area (Å²) in [4.78, 5) is 87.0. The largest absolute Gasteiger partial charge is 0.489 e. The van der Waals surface area contributed by atoms with E-state index in [1.807, 2.05) is 41.1 Å². The van der Waals surface area contributed by atoms with Crippen LogP contribution in [0.1, 0.15) is 94.7 Å². The summed E-state index contributed by atoms with van der Waals surface area (Å²) in [6.07, 6.45) is 1.60. The van der Waals surface area contributed by atoms with Crippen LogP contribution in [0.5, 0.6) is 5.75 Å². The number of nitrogens with zero attached hydrogens (tertiary/aromatic N) is 6. The molecule has 60 heavy (non-hydrogen) atoms. The molecule has 1 saturated carbocycles. The molecule has 13 nitrogen and oxygen atoms in total. The summed E-state index contributed by atoms with van der Waals surface area (Å²) in [6, 6.07) is 17.2. The first-order valence-electron chi connectivity index (χ1n) is 20.5. The number of imide groups is 2. The van der Waals surface area contributed by atoms with Gasteiger partial charge in [-0.15, -0.1) is 0 Å². The van der Waals surface area contributed by atoms with Gasteiger partial charge in [0.25, 0.3) is 23.6 Å². The number of ether oxygens (including phenoxy) is 1. The number of piperidine rings is 1. The highest BCUT2D eigenvalue weighted by Crippen LogP contribution is 2.58. The zero-order valence-corrected chi connectivity index (χ0v) is 35.5. The van der Waals surface area contributed by atoms with Gasteiger partial charge in [0.05, 0.1) is 21.7 Å². The Hall–Kier alpha value is -5.74. The third kappa shape index (κ3) is 6.79. The van der Waals surface area contributed by atoms with Crippen LogP contribution in [0.25, 0.3) is 0 Å². The molecular formula is C46H49ClN6O7. The van der Waals surface area contributed by atoms with Crippen molar-refractivity contribution in [3.05, 3.63) is 93.0 Å². The van der Waals surface area contributed by atoms with E-state index < -0.39 is 23.8 Å². The molecule has 3 fully saturated rings. The van der Waals surface area contributed by atoms with Gasteiger partial charge in [-0.1, -0.05) is 39.3 Å². The number of likely N-dealkylation sites (N-methyl/N-ethyl adjacent to an activating group) is 1. The Morgan fingerprint density at radius 2 is 1.48 bits per heavy atom. The van der Waals surface area contributed by atoms with Gasteiger partial charge in [-0.25, -0.2) is 0 Å². The molecule has 2 aliphatic carbocycles. The number of hydrogen-bond donors (Lipinski definition) is 0. The van der Waals surface area contributed by atoms with E-state index in [1.54, 1.807) is 30.3 Å². The highest BCUT2D eigenvalue weighted by atomic mass is 35.5. The molecule has 2 saturated heterocycles. The number of hydrogen-bond acceptors (Lipinski definition) is 9. The average Bonchev–Trinajstić information content (AvgIpc) is 3.73. The number of amides is 6. The number of likely N-dealkylation sites (tertiary alicyclic amines) is 1. The Labute approximate surface area is 354 Å². The minimum absolute atomic E-state index is 0.0494. The molecule has 6 amide bonds. The van der Waals surface area contributed by atoms with Gasteiger partial charge in [-0.05, 0) is 84.8 Å². The van der Waals surface area contributed by atoms with Gasteiger partial charge >= 0.3 is 0 Å². The second-order valence-corrected chi connectivity index (χ2v) is 18.5. The van der Waals surface area contributed by atoms with E-state index >= 15 is 0 Å². The minimum Gasteiger partial charge on any atom is -0.489 e. The smallest absolute Gasteiger partial charge is 0.262 e. The molecule has 3 aliphatic heterocycles. The minimum atomic E-state index is -0.991. The van der Waals surface area contributed by atoms with Crippen molar-refractivity contribution in [2.45, 2.75) is 78.0 Å². The molecule has 0 N–H and O–H groups in total. The van der Waals surface area contributed by atoms with Crippen LogP contribution >= 0.6 is 11.6 Å². The Balaban J connectivity index is 0.829. The van der Waals surface area contributed by atoms with E-state index in [0.717, 1.165) is 26.6 Å². The number of fused-ring (bicyclic) bond motifs is 2. The first-order chi connectivity index (χ1) is 28.4. The van der Waals surface area contributed by atoms with Crippen LogP contribution in [0.2, 0.25) is 5.02 Å². The summed E-state index contributed by atoms with van der Waals surface area (Å²) in [5.74, 6) is -1.27. The van der Waals surface area contributed by atoms with Gasteiger partial charge in [0.15, 0.2) is 0 Å². The van der Waals surface area contributed by atoms with Gasteiger partial charge in [0, 0.05) is 87.3 Å². The molecule has 1 unspecified atom stereocenters. The summed E-state index contributed by atoms with van der Waals surface area (Å²) in [6.45, 7) is 10.8. The number of benzene rings is 3. The number of anilines is 1. The van der Waals surface area contributed by atoms with Crippen LogP contribution in [0.3, 0.4) is 0 Å². The van der Waals surface area contributed by atoms with E-state index in [0.29, 0.717) is 67.3 Å². The highest BCUT2D eigenvalue weighted by molar-refractivity contribution is 6.31. The van der Waals surface area contributed by atoms with Crippen molar-refractivity contribution >= 4 is 52.7 Å². The number of rotatable bonds is 8. The van der Waals surface area contributed by atoms with E-state index in [9.17, 15) is 34.0 Å². The first-order valence-corrected chi connectivity index (χ1v) is 20.9. The second-order valence-electron chi connectivity index (χ2n) is 18.1. The number of carbonyl (C=O) groups excluding carboxylic acids is 6. The van der Waals surface area contributed by atoms with Crippen molar-refractivity contribution in [1.29, 1.82) is 5.26 Å². The maximum atomic E-state index is 13.9. The third-order valence-electron chi connectivity index (χ3n) is 13.5. The first kappa shape index (κ1) is 41.0. The Morgan fingerprint density at radius 3 is 2.05 bits per heavy atom. The maximum absolute atomic E-state index is 13.9. The molecule has 8 rings (SSSR count). The molecule has 0 bridgehead atoms. The third-order valence-corrected chi connectivity index (χ3v) is 13.9. The molecule has 0 spiro atoms. The van der Waals surface area contributed by atoms with Crippen molar-refractivity contribution in [2.75, 3.05) is 45.2 Å². The Kier molecular flexibility index (Phi) is 10.3. The van der Waals surface area contributed by atoms with Gasteiger partial charge < -0.3 is 19.4 Å². The summed E-state index contributed by atoms with van der Waals surface area (Å²) in [7, 11) is 3.21. The van der Waals surface area contributed by atoms with Crippen LogP contribution in [0.4, 0.5) is 5.69 Å². The molecule has 3 heterocycles. The standard InChI is InChI=1S/C46H49ClN6O7/c1-45(2)43(46(3,4)44(45)60-32-12-9-28(25-48)35(47)24-32)50(6)39(56)27-7-10-31(11-8-27)51-15-17-52(18-16-51)38(55)21-26-19-29-22-33-34(23-30(29)20-26)41(58)53(40(33)57)36-13-14-37(54)49(5)42(36)59/h7-12,22-24,26,36,43-44H,13-21H2,1-6H3/t36?,43-,44-. The lowest BCUT2D eigenvalue weighted by Gasteiger charge is -2.65. The predicted molar refractivity (Wildman–Crippen MR) is 223 cm³/mol. The van der Waals surface area contributed by atoms with Crippen LogP contribution < -0.4 is 9.64 Å². The van der Waals surface area contributed by atoms with Gasteiger partial charge in [-0.3, -0.25) is 38.6 Å². The van der Waals surface area contributed by atoms with Crippen molar-refractivity contribution in [3.8, 4) is 11.8 Å². The van der Waals surface area contributed by atoms with Crippen molar-refractivity contribution < 1.29 is 33.5 Å². The fourth-order valence-corrected chi connectivity index (χ4v) is 11.2. The maximum Gasteiger partial charge on any atom is 0.262 e. The molecule has 1 atom stereocenters. The summed E-state index contributed by atoms with van der Waals surface area (Å²) in [5.41, 5.74) is 3.64. The van der Waals surface area contributed by atoms with Crippen LogP contribution in [0, 0.1) is 28.1 Å². The molecular weight excluding hydrogens is 784 g/mol. The average molecular weight is 833 g/mol. The molecule has 312 valence electrons. The van der Waals surface area contributed by atoms with Crippen molar-refractivity contribution in [2.24, 2.45) is 16.7 Å². The number of carbonyl (C=O) groups is 6. The monoisotopic (exact) mass is 832 g/mol. The molecule has 3 aromatic carbocycles. The number of halogens is 1. The fraction of sp³-hybridized carbons (Fsp3) is 0.457. The summed E-state index contributed by atoms with van der Waals surface area (Å²) >= 11 is 6.27. The predicted octanol–water partition coefficient (Wildman–Crippen LogP) is 5.36. The fourth-order valence-electron chi connectivity index (χ4n) is 11.0. The lowest BCUT2D eigenvalue weighted by molar-refractivity contribution is -0.195. The van der Waals surface area contributed by atoms with Gasteiger partial charge in [0.1, 0.15) is 24.0 Å². The van der Waals surface area contributed by atoms with Gasteiger partial charge in [0.2, 0.25) is 11.8 Å². The van der Waals surface area contributed by atoms with Crippen LogP contribution in [-0.2, 0) is 27.2 Å². The normalized spacial score (nSPS) is 23.3. The van der Waals surface area contributed by atoms with E-state index in [4.69, 9.17) is 16.3 Å². The van der Waals surface area contributed by atoms with Crippen molar-refractivity contribution in [3.63, 3.8) is 0 Å². The van der Waals surface area contributed by atoms with E-state index in [2.05, 4.69) is 38.7 Å². The molecule has 5 aliphatic rings. The topological polar surface area (TPSA) is 152 Å². The zero-order valence-electron chi connectivity index (χ0n) is 34.8. The second kappa shape index (κ2) is 15.1. The van der Waals surface area contributed by atoms with Crippen LogP contribution in [0.15, 0.2) is 54.6 Å².